The number of anilines is 1. The SMILES string of the molecule is C1CC1.O=C(O)Nc1nc2cccc(-c3ccc(CC(=O)N4CC(F)(F)C4)cc3)n2n1. The highest BCUT2D eigenvalue weighted by atomic mass is 19.3. The van der Waals surface area contributed by atoms with Gasteiger partial charge in [-0.25, -0.2) is 18.1 Å². The van der Waals surface area contributed by atoms with Crippen molar-refractivity contribution in [3.8, 4) is 11.3 Å². The number of nitrogens with one attached hydrogen (secondary N) is 1. The van der Waals surface area contributed by atoms with E-state index in [0.29, 0.717) is 16.9 Å². The molecule has 1 aromatic carbocycles. The van der Waals surface area contributed by atoms with Crippen LogP contribution in [0.4, 0.5) is 19.5 Å². The van der Waals surface area contributed by atoms with Gasteiger partial charge in [-0.15, -0.1) is 5.10 Å². The van der Waals surface area contributed by atoms with Crippen molar-refractivity contribution in [3.63, 3.8) is 0 Å². The Balaban J connectivity index is 0.000000710. The third-order valence-electron chi connectivity index (χ3n) is 4.73. The van der Waals surface area contributed by atoms with Crippen molar-refractivity contribution in [1.82, 2.24) is 19.5 Å². The van der Waals surface area contributed by atoms with Crippen molar-refractivity contribution in [3.05, 3.63) is 48.0 Å². The summed E-state index contributed by atoms with van der Waals surface area (Å²) in [5.74, 6) is -3.14. The van der Waals surface area contributed by atoms with Crippen molar-refractivity contribution in [2.24, 2.45) is 0 Å². The molecular weight excluding hydrogens is 408 g/mol. The van der Waals surface area contributed by atoms with E-state index in [-0.39, 0.29) is 18.3 Å². The number of amides is 2. The Morgan fingerprint density at radius 2 is 1.74 bits per heavy atom. The zero-order valence-electron chi connectivity index (χ0n) is 16.6. The van der Waals surface area contributed by atoms with Gasteiger partial charge in [-0.2, -0.15) is 4.98 Å². The molecule has 0 unspecified atom stereocenters. The summed E-state index contributed by atoms with van der Waals surface area (Å²) in [6.07, 6.45) is 3.29. The minimum Gasteiger partial charge on any atom is -0.465 e. The zero-order valence-corrected chi connectivity index (χ0v) is 16.6. The minimum atomic E-state index is -2.77. The Morgan fingerprint density at radius 3 is 2.32 bits per heavy atom. The van der Waals surface area contributed by atoms with Gasteiger partial charge in [0.2, 0.25) is 5.91 Å². The van der Waals surface area contributed by atoms with Crippen LogP contribution in [0.3, 0.4) is 0 Å². The molecule has 0 spiro atoms. The fourth-order valence-electron chi connectivity index (χ4n) is 3.04. The van der Waals surface area contributed by atoms with Gasteiger partial charge >= 0.3 is 6.09 Å². The molecule has 5 rings (SSSR count). The number of nitrogens with zero attached hydrogens (tertiary/aromatic N) is 4. The smallest absolute Gasteiger partial charge is 0.411 e. The van der Waals surface area contributed by atoms with Gasteiger partial charge in [-0.3, -0.25) is 10.1 Å². The molecule has 2 aliphatic rings. The van der Waals surface area contributed by atoms with E-state index in [2.05, 4.69) is 15.4 Å². The number of likely N-dealkylation sites (tertiary alicyclic amines) is 1. The first kappa shape index (κ1) is 20.7. The summed E-state index contributed by atoms with van der Waals surface area (Å²) in [4.78, 5) is 28.0. The topological polar surface area (TPSA) is 99.8 Å². The molecule has 3 aromatic rings. The number of benzene rings is 1. The number of carbonyl (C=O) groups is 2. The first-order chi connectivity index (χ1) is 14.8. The summed E-state index contributed by atoms with van der Waals surface area (Å²) in [6.45, 7) is -1.05. The minimum absolute atomic E-state index is 0.0338. The maximum atomic E-state index is 12.9. The van der Waals surface area contributed by atoms with Crippen molar-refractivity contribution in [2.75, 3.05) is 18.4 Å². The molecule has 162 valence electrons. The molecule has 2 fully saturated rings. The molecule has 2 amide bonds. The van der Waals surface area contributed by atoms with Gasteiger partial charge in [0.15, 0.2) is 5.65 Å². The van der Waals surface area contributed by atoms with Crippen LogP contribution in [-0.2, 0) is 11.2 Å². The second-order valence-corrected chi connectivity index (χ2v) is 7.59. The lowest BCUT2D eigenvalue weighted by Crippen LogP contribution is -2.58. The van der Waals surface area contributed by atoms with Crippen LogP contribution in [0, 0.1) is 0 Å². The largest absolute Gasteiger partial charge is 0.465 e. The summed E-state index contributed by atoms with van der Waals surface area (Å²) in [5.41, 5.74) is 2.65. The van der Waals surface area contributed by atoms with Crippen molar-refractivity contribution < 1.29 is 23.5 Å². The molecule has 0 radical (unpaired) electrons. The van der Waals surface area contributed by atoms with Gasteiger partial charge in [-0.05, 0) is 17.7 Å². The summed E-state index contributed by atoms with van der Waals surface area (Å²) >= 11 is 0. The number of carbonyl (C=O) groups excluding carboxylic acids is 1. The molecule has 1 saturated carbocycles. The lowest BCUT2D eigenvalue weighted by Gasteiger charge is -2.38. The molecule has 1 aliphatic heterocycles. The van der Waals surface area contributed by atoms with E-state index in [1.54, 1.807) is 42.5 Å². The van der Waals surface area contributed by atoms with Crippen molar-refractivity contribution >= 4 is 23.6 Å². The molecule has 2 aromatic heterocycles. The Morgan fingerprint density at radius 1 is 1.06 bits per heavy atom. The fourth-order valence-corrected chi connectivity index (χ4v) is 3.04. The van der Waals surface area contributed by atoms with E-state index >= 15 is 0 Å². The van der Waals surface area contributed by atoms with Crippen LogP contribution in [-0.4, -0.2) is 55.6 Å². The maximum Gasteiger partial charge on any atom is 0.411 e. The molecule has 3 heterocycles. The number of pyridine rings is 1. The Labute approximate surface area is 176 Å². The number of hydrogen-bond donors (Lipinski definition) is 2. The van der Waals surface area contributed by atoms with Gasteiger partial charge < -0.3 is 10.0 Å². The quantitative estimate of drug-likeness (QED) is 0.659. The predicted octanol–water partition coefficient (Wildman–Crippen LogP) is 3.68. The second-order valence-electron chi connectivity index (χ2n) is 7.59. The van der Waals surface area contributed by atoms with Crippen LogP contribution in [0.1, 0.15) is 24.8 Å². The first-order valence-electron chi connectivity index (χ1n) is 9.91. The van der Waals surface area contributed by atoms with E-state index < -0.39 is 25.1 Å². The monoisotopic (exact) mass is 429 g/mol. The van der Waals surface area contributed by atoms with Crippen molar-refractivity contribution in [2.45, 2.75) is 31.6 Å². The maximum absolute atomic E-state index is 12.9. The lowest BCUT2D eigenvalue weighted by atomic mass is 10.0. The van der Waals surface area contributed by atoms with Gasteiger partial charge in [0.1, 0.15) is 0 Å². The summed E-state index contributed by atoms with van der Waals surface area (Å²) in [7, 11) is 0. The number of halogens is 2. The number of rotatable bonds is 4. The third-order valence-corrected chi connectivity index (χ3v) is 4.73. The average molecular weight is 429 g/mol. The highest BCUT2D eigenvalue weighted by Gasteiger charge is 2.45. The Hall–Kier alpha value is -3.56. The molecule has 8 nitrogen and oxygen atoms in total. The standard InChI is InChI=1S/C18H15F2N5O3.C3H6/c19-18(20)9-24(10-18)15(26)8-11-4-6-12(7-5-11)13-2-1-3-14-21-16(22-17(27)28)23-25(13)14;1-2-3-1/h1-7H,8-10H2,(H,22,23)(H,27,28);1-3H2. The van der Waals surface area contributed by atoms with Gasteiger partial charge in [0.05, 0.1) is 25.2 Å². The zero-order chi connectivity index (χ0) is 22.0. The second kappa shape index (κ2) is 8.29. The summed E-state index contributed by atoms with van der Waals surface area (Å²) < 4.78 is 27.3. The molecule has 2 N–H and O–H groups in total. The van der Waals surface area contributed by atoms with Crippen LogP contribution in [0.5, 0.6) is 0 Å². The Bertz CT molecular complexity index is 1100. The van der Waals surface area contributed by atoms with Crippen LogP contribution in [0.25, 0.3) is 16.9 Å². The van der Waals surface area contributed by atoms with Gasteiger partial charge in [0.25, 0.3) is 11.9 Å². The number of aromatic nitrogens is 3. The molecular formula is C21H21F2N5O3. The number of fused-ring (bicyclic) bond motifs is 1. The molecule has 0 atom stereocenters. The third kappa shape index (κ3) is 5.14. The number of carboxylic acid groups (broad SMARTS) is 1. The molecule has 0 bridgehead atoms. The van der Waals surface area contributed by atoms with Crippen LogP contribution in [0.15, 0.2) is 42.5 Å². The Kier molecular flexibility index (Phi) is 5.53. The summed E-state index contributed by atoms with van der Waals surface area (Å²) in [6, 6.07) is 12.3. The fraction of sp³-hybridized carbons (Fsp3) is 0.333. The molecule has 10 heteroatoms. The highest BCUT2D eigenvalue weighted by molar-refractivity contribution is 5.81. The highest BCUT2D eigenvalue weighted by Crippen LogP contribution is 2.27. The van der Waals surface area contributed by atoms with Gasteiger partial charge in [-0.1, -0.05) is 49.6 Å². The lowest BCUT2D eigenvalue weighted by molar-refractivity contribution is -0.165. The normalized spacial score (nSPS) is 16.1. The van der Waals surface area contributed by atoms with E-state index in [9.17, 15) is 18.4 Å². The van der Waals surface area contributed by atoms with E-state index in [0.717, 1.165) is 10.5 Å². The first-order valence-corrected chi connectivity index (χ1v) is 9.91. The molecule has 1 aliphatic carbocycles. The van der Waals surface area contributed by atoms with Crippen LogP contribution >= 0.6 is 0 Å². The number of alkyl halides is 2. The molecule has 31 heavy (non-hydrogen) atoms. The summed E-state index contributed by atoms with van der Waals surface area (Å²) in [5, 5.41) is 15.0. The van der Waals surface area contributed by atoms with Gasteiger partial charge in [0, 0.05) is 5.56 Å². The van der Waals surface area contributed by atoms with E-state index in [1.165, 1.54) is 23.8 Å². The average Bonchev–Trinajstić information content (AvgIpc) is 3.52. The molecule has 1 saturated heterocycles. The van der Waals surface area contributed by atoms with Crippen molar-refractivity contribution in [1.29, 1.82) is 0 Å². The predicted molar refractivity (Wildman–Crippen MR) is 109 cm³/mol. The number of hydrogen-bond acceptors (Lipinski definition) is 4. The van der Waals surface area contributed by atoms with Crippen LogP contribution < -0.4 is 5.32 Å². The van der Waals surface area contributed by atoms with E-state index in [4.69, 9.17) is 5.11 Å². The van der Waals surface area contributed by atoms with Crippen LogP contribution in [0.2, 0.25) is 0 Å². The van der Waals surface area contributed by atoms with E-state index in [1.807, 2.05) is 0 Å².